The van der Waals surface area contributed by atoms with Crippen molar-refractivity contribution >= 4 is 16.8 Å². The first-order valence-electron chi connectivity index (χ1n) is 9.22. The molecule has 0 saturated carbocycles. The van der Waals surface area contributed by atoms with Crippen LogP contribution in [0.5, 0.6) is 11.5 Å². The molecule has 0 radical (unpaired) electrons. The molecule has 0 unspecified atom stereocenters. The molecule has 1 heterocycles. The Hall–Kier alpha value is -3.02. The van der Waals surface area contributed by atoms with Crippen LogP contribution in [-0.4, -0.2) is 36.6 Å². The molecule has 5 nitrogen and oxygen atoms in total. The minimum absolute atomic E-state index is 0.00875. The third-order valence-electron chi connectivity index (χ3n) is 4.97. The first-order valence-corrected chi connectivity index (χ1v) is 9.22. The van der Waals surface area contributed by atoms with Crippen molar-refractivity contribution in [1.82, 2.24) is 9.88 Å². The van der Waals surface area contributed by atoms with Crippen LogP contribution in [0.25, 0.3) is 10.9 Å². The van der Waals surface area contributed by atoms with E-state index in [4.69, 9.17) is 9.47 Å². The predicted molar refractivity (Wildman–Crippen MR) is 107 cm³/mol. The number of halogens is 1. The summed E-state index contributed by atoms with van der Waals surface area (Å²) in [5, 5.41) is 0.757. The van der Waals surface area contributed by atoms with Gasteiger partial charge in [-0.05, 0) is 55.3 Å². The molecule has 3 rings (SSSR count). The van der Waals surface area contributed by atoms with E-state index in [1.54, 1.807) is 25.2 Å². The average molecular weight is 384 g/mol. The van der Waals surface area contributed by atoms with Crippen molar-refractivity contribution in [2.24, 2.45) is 0 Å². The van der Waals surface area contributed by atoms with Crippen molar-refractivity contribution in [3.05, 3.63) is 59.0 Å². The van der Waals surface area contributed by atoms with Crippen molar-refractivity contribution in [2.45, 2.75) is 26.8 Å². The molecule has 0 aliphatic heterocycles. The normalized spacial score (nSPS) is 10.9. The number of methoxy groups -OCH3 is 2. The van der Waals surface area contributed by atoms with E-state index in [-0.39, 0.29) is 18.1 Å². The Labute approximate surface area is 164 Å². The van der Waals surface area contributed by atoms with E-state index in [0.717, 1.165) is 27.7 Å². The second-order valence-corrected chi connectivity index (χ2v) is 6.69. The summed E-state index contributed by atoms with van der Waals surface area (Å²) in [5.41, 5.74) is 3.51. The number of likely N-dealkylation sites (N-methyl/N-ethyl adjacent to an activating group) is 1. The lowest BCUT2D eigenvalue weighted by molar-refractivity contribution is -0.130. The number of aromatic amines is 1. The molecule has 0 atom stereocenters. The smallest absolute Gasteiger partial charge is 0.227 e. The summed E-state index contributed by atoms with van der Waals surface area (Å²) >= 11 is 0. The van der Waals surface area contributed by atoms with Gasteiger partial charge in [-0.15, -0.1) is 0 Å². The third-order valence-corrected chi connectivity index (χ3v) is 4.97. The number of aromatic nitrogens is 1. The highest BCUT2D eigenvalue weighted by molar-refractivity contribution is 5.90. The first-order chi connectivity index (χ1) is 13.5. The van der Waals surface area contributed by atoms with Crippen LogP contribution < -0.4 is 9.47 Å². The lowest BCUT2D eigenvalue weighted by atomic mass is 10.1. The van der Waals surface area contributed by atoms with Gasteiger partial charge >= 0.3 is 0 Å². The Morgan fingerprint density at radius 1 is 1.11 bits per heavy atom. The van der Waals surface area contributed by atoms with Crippen molar-refractivity contribution in [3.63, 3.8) is 0 Å². The lowest BCUT2D eigenvalue weighted by Crippen LogP contribution is -2.31. The van der Waals surface area contributed by atoms with E-state index >= 15 is 0 Å². The molecule has 1 N–H and O–H groups in total. The summed E-state index contributed by atoms with van der Waals surface area (Å²) in [7, 11) is 3.18. The van der Waals surface area contributed by atoms with Gasteiger partial charge in [-0.1, -0.05) is 6.07 Å². The number of hydrogen-bond acceptors (Lipinski definition) is 3. The molecule has 3 aromatic rings. The number of aryl methyl sites for hydroxylation is 1. The minimum atomic E-state index is -0.308. The zero-order valence-electron chi connectivity index (χ0n) is 16.6. The number of carbonyl (C=O) groups excluding carboxylic acids is 1. The van der Waals surface area contributed by atoms with Gasteiger partial charge in [-0.25, -0.2) is 4.39 Å². The fourth-order valence-corrected chi connectivity index (χ4v) is 3.42. The Balaban J connectivity index is 1.81. The van der Waals surface area contributed by atoms with Gasteiger partial charge in [-0.3, -0.25) is 4.79 Å². The van der Waals surface area contributed by atoms with Crippen LogP contribution in [0.4, 0.5) is 4.39 Å². The van der Waals surface area contributed by atoms with Gasteiger partial charge in [0.15, 0.2) is 11.5 Å². The number of H-pyrrole nitrogens is 1. The quantitative estimate of drug-likeness (QED) is 0.663. The molecule has 0 spiro atoms. The monoisotopic (exact) mass is 384 g/mol. The average Bonchev–Trinajstić information content (AvgIpc) is 3.00. The zero-order chi connectivity index (χ0) is 20.3. The molecular formula is C22H25FN2O3. The number of benzene rings is 2. The maximum Gasteiger partial charge on any atom is 0.227 e. The van der Waals surface area contributed by atoms with Gasteiger partial charge in [0.2, 0.25) is 5.91 Å². The summed E-state index contributed by atoms with van der Waals surface area (Å²) in [6.45, 7) is 4.89. The van der Waals surface area contributed by atoms with Gasteiger partial charge in [0.1, 0.15) is 5.82 Å². The van der Waals surface area contributed by atoms with E-state index in [1.807, 2.05) is 32.0 Å². The first kappa shape index (κ1) is 19.7. The van der Waals surface area contributed by atoms with Crippen LogP contribution >= 0.6 is 0 Å². The molecule has 0 aliphatic carbocycles. The fourth-order valence-electron chi connectivity index (χ4n) is 3.42. The van der Waals surface area contributed by atoms with E-state index in [0.29, 0.717) is 24.6 Å². The maximum atomic E-state index is 13.7. The topological polar surface area (TPSA) is 54.6 Å². The molecule has 2 aromatic carbocycles. The highest BCUT2D eigenvalue weighted by atomic mass is 19.1. The third kappa shape index (κ3) is 3.96. The number of ether oxygens (including phenoxy) is 2. The number of rotatable bonds is 7. The number of nitrogens with zero attached hydrogens (tertiary/aromatic N) is 1. The molecule has 148 valence electrons. The van der Waals surface area contributed by atoms with Gasteiger partial charge in [0.25, 0.3) is 0 Å². The highest BCUT2D eigenvalue weighted by Gasteiger charge is 2.18. The molecule has 0 bridgehead atoms. The van der Waals surface area contributed by atoms with Crippen molar-refractivity contribution in [2.75, 3.05) is 20.8 Å². The highest BCUT2D eigenvalue weighted by Crippen LogP contribution is 2.28. The number of nitrogens with one attached hydrogen (secondary N) is 1. The Morgan fingerprint density at radius 3 is 2.54 bits per heavy atom. The molecule has 6 heteroatoms. The van der Waals surface area contributed by atoms with E-state index in [2.05, 4.69) is 4.98 Å². The van der Waals surface area contributed by atoms with Gasteiger partial charge in [0.05, 0.1) is 20.6 Å². The molecule has 0 fully saturated rings. The SMILES string of the molecule is CCN(Cc1ccc(OC)c(OC)c1)C(=O)Cc1c(C)[nH]c2ccc(F)cc12. The molecular weight excluding hydrogens is 359 g/mol. The number of amides is 1. The van der Waals surface area contributed by atoms with Crippen LogP contribution in [0.2, 0.25) is 0 Å². The number of carbonyl (C=O) groups is 1. The maximum absolute atomic E-state index is 13.7. The van der Waals surface area contributed by atoms with E-state index in [1.165, 1.54) is 12.1 Å². The molecule has 1 amide bonds. The number of fused-ring (bicyclic) bond motifs is 1. The summed E-state index contributed by atoms with van der Waals surface area (Å²) in [5.74, 6) is 0.965. The number of hydrogen-bond donors (Lipinski definition) is 1. The van der Waals surface area contributed by atoms with Gasteiger partial charge < -0.3 is 19.4 Å². The molecule has 0 aliphatic rings. The van der Waals surface area contributed by atoms with Crippen LogP contribution in [-0.2, 0) is 17.8 Å². The minimum Gasteiger partial charge on any atom is -0.493 e. The molecule has 1 aromatic heterocycles. The summed E-state index contributed by atoms with van der Waals surface area (Å²) in [4.78, 5) is 18.0. The molecule has 0 saturated heterocycles. The van der Waals surface area contributed by atoms with Crippen LogP contribution in [0.1, 0.15) is 23.7 Å². The second-order valence-electron chi connectivity index (χ2n) is 6.69. The van der Waals surface area contributed by atoms with Crippen LogP contribution in [0.3, 0.4) is 0 Å². The van der Waals surface area contributed by atoms with E-state index in [9.17, 15) is 9.18 Å². The van der Waals surface area contributed by atoms with Gasteiger partial charge in [0, 0.05) is 29.7 Å². The van der Waals surface area contributed by atoms with E-state index < -0.39 is 0 Å². The Morgan fingerprint density at radius 2 is 1.86 bits per heavy atom. The van der Waals surface area contributed by atoms with Gasteiger partial charge in [-0.2, -0.15) is 0 Å². The standard InChI is InChI=1S/C22H25FN2O3/c1-5-25(13-15-6-9-20(27-3)21(10-15)28-4)22(26)12-17-14(2)24-19-8-7-16(23)11-18(17)19/h6-11,24H,5,12-13H2,1-4H3. The van der Waals surface area contributed by atoms with Crippen molar-refractivity contribution < 1.29 is 18.7 Å². The zero-order valence-corrected chi connectivity index (χ0v) is 16.6. The second kappa shape index (κ2) is 8.33. The van der Waals surface area contributed by atoms with Crippen LogP contribution in [0.15, 0.2) is 36.4 Å². The lowest BCUT2D eigenvalue weighted by Gasteiger charge is -2.22. The van der Waals surface area contributed by atoms with Crippen molar-refractivity contribution in [3.8, 4) is 11.5 Å². The predicted octanol–water partition coefficient (Wildman–Crippen LogP) is 4.22. The Kier molecular flexibility index (Phi) is 5.87. The summed E-state index contributed by atoms with van der Waals surface area (Å²) in [6, 6.07) is 10.2. The molecule has 28 heavy (non-hydrogen) atoms. The largest absolute Gasteiger partial charge is 0.493 e. The van der Waals surface area contributed by atoms with Crippen molar-refractivity contribution in [1.29, 1.82) is 0 Å². The Bertz CT molecular complexity index is 997. The summed E-state index contributed by atoms with van der Waals surface area (Å²) < 4.78 is 24.3. The fraction of sp³-hybridized carbons (Fsp3) is 0.318. The van der Waals surface area contributed by atoms with Crippen LogP contribution in [0, 0.1) is 12.7 Å². The summed E-state index contributed by atoms with van der Waals surface area (Å²) in [6.07, 6.45) is 0.219.